The number of anilines is 1. The first kappa shape index (κ1) is 15.8. The number of rotatable bonds is 3. The van der Waals surface area contributed by atoms with Crippen LogP contribution in [0.3, 0.4) is 0 Å². The quantitative estimate of drug-likeness (QED) is 0.802. The molecule has 124 valence electrons. The molecule has 2 aromatic rings. The molecule has 2 amide bonds. The summed E-state index contributed by atoms with van der Waals surface area (Å²) in [7, 11) is 1.59. The summed E-state index contributed by atoms with van der Waals surface area (Å²) in [4.78, 5) is 12.8. The molecule has 3 rings (SSSR count). The zero-order valence-electron chi connectivity index (χ0n) is 13.2. The van der Waals surface area contributed by atoms with Gasteiger partial charge in [0.2, 0.25) is 0 Å². The summed E-state index contributed by atoms with van der Waals surface area (Å²) in [6.07, 6.45) is 0.438. The minimum Gasteiger partial charge on any atom is -0.497 e. The van der Waals surface area contributed by atoms with Crippen molar-refractivity contribution in [1.82, 2.24) is 0 Å². The summed E-state index contributed by atoms with van der Waals surface area (Å²) in [6, 6.07) is 11.2. The van der Waals surface area contributed by atoms with Gasteiger partial charge in [-0.25, -0.2) is 9.69 Å². The van der Waals surface area contributed by atoms with Crippen LogP contribution >= 0.6 is 0 Å². The molecule has 1 atom stereocenters. The van der Waals surface area contributed by atoms with Gasteiger partial charge in [-0.2, -0.15) is 0 Å². The molecule has 0 aromatic heterocycles. The first-order valence-corrected chi connectivity index (χ1v) is 7.38. The number of urea groups is 1. The Morgan fingerprint density at radius 2 is 1.92 bits per heavy atom. The largest absolute Gasteiger partial charge is 0.497 e. The maximum Gasteiger partial charge on any atom is 0.324 e. The summed E-state index contributed by atoms with van der Waals surface area (Å²) in [5.41, 5.74) is 12.7. The molecule has 0 saturated heterocycles. The SMILES string of the molecule is COc1cccc(Oc2ccc3c(c2)CC(N)C(=N)N3C(N)=O)c1. The molecular weight excluding hydrogens is 308 g/mol. The minimum atomic E-state index is -0.724. The number of benzene rings is 2. The van der Waals surface area contributed by atoms with Gasteiger partial charge in [-0.1, -0.05) is 6.07 Å². The maximum atomic E-state index is 11.6. The molecule has 0 bridgehead atoms. The van der Waals surface area contributed by atoms with E-state index in [2.05, 4.69) is 0 Å². The number of fused-ring (bicyclic) bond motifs is 1. The lowest BCUT2D eigenvalue weighted by Gasteiger charge is -2.32. The van der Waals surface area contributed by atoms with Crippen molar-refractivity contribution in [3.8, 4) is 17.2 Å². The van der Waals surface area contributed by atoms with E-state index in [1.807, 2.05) is 18.2 Å². The number of ether oxygens (including phenoxy) is 2. The van der Waals surface area contributed by atoms with Crippen molar-refractivity contribution in [2.75, 3.05) is 12.0 Å². The zero-order chi connectivity index (χ0) is 17.3. The standard InChI is InChI=1S/C17H18N4O3/c1-23-11-3-2-4-12(9-11)24-13-5-6-15-10(7-13)8-14(18)16(19)21(15)17(20)22/h2-7,9,14,19H,8,18H2,1H3,(H2,20,22). The molecule has 0 aliphatic carbocycles. The van der Waals surface area contributed by atoms with Crippen LogP contribution in [-0.2, 0) is 6.42 Å². The fourth-order valence-electron chi connectivity index (χ4n) is 2.67. The van der Waals surface area contributed by atoms with E-state index in [4.69, 9.17) is 26.4 Å². The second-order valence-electron chi connectivity index (χ2n) is 5.44. The second kappa shape index (κ2) is 6.21. The van der Waals surface area contributed by atoms with Crippen molar-refractivity contribution in [3.63, 3.8) is 0 Å². The third kappa shape index (κ3) is 2.89. The van der Waals surface area contributed by atoms with Crippen molar-refractivity contribution >= 4 is 17.6 Å². The van der Waals surface area contributed by atoms with Gasteiger partial charge >= 0.3 is 6.03 Å². The van der Waals surface area contributed by atoms with E-state index in [1.165, 1.54) is 0 Å². The number of hydrogen-bond acceptors (Lipinski definition) is 5. The highest BCUT2D eigenvalue weighted by Crippen LogP contribution is 2.33. The van der Waals surface area contributed by atoms with Crippen LogP contribution in [0, 0.1) is 5.41 Å². The number of carbonyl (C=O) groups excluding carboxylic acids is 1. The van der Waals surface area contributed by atoms with E-state index >= 15 is 0 Å². The molecule has 0 spiro atoms. The maximum absolute atomic E-state index is 11.6. The highest BCUT2D eigenvalue weighted by Gasteiger charge is 2.31. The summed E-state index contributed by atoms with van der Waals surface area (Å²) in [5, 5.41) is 7.95. The number of primary amides is 1. The summed E-state index contributed by atoms with van der Waals surface area (Å²) in [6.45, 7) is 0. The number of amides is 2. The van der Waals surface area contributed by atoms with E-state index < -0.39 is 12.1 Å². The number of nitrogens with two attached hydrogens (primary N) is 2. The predicted octanol–water partition coefficient (Wildman–Crippen LogP) is 2.23. The first-order valence-electron chi connectivity index (χ1n) is 7.38. The number of hydrogen-bond donors (Lipinski definition) is 3. The van der Waals surface area contributed by atoms with Gasteiger partial charge in [-0.3, -0.25) is 5.41 Å². The average molecular weight is 326 g/mol. The molecule has 0 radical (unpaired) electrons. The van der Waals surface area contributed by atoms with E-state index in [1.54, 1.807) is 31.4 Å². The molecule has 7 nitrogen and oxygen atoms in total. The fourth-order valence-corrected chi connectivity index (χ4v) is 2.67. The third-order valence-electron chi connectivity index (χ3n) is 3.82. The van der Waals surface area contributed by atoms with Crippen LogP contribution in [0.2, 0.25) is 0 Å². The van der Waals surface area contributed by atoms with Crippen molar-refractivity contribution in [2.45, 2.75) is 12.5 Å². The molecule has 5 N–H and O–H groups in total. The van der Waals surface area contributed by atoms with Crippen LogP contribution in [-0.4, -0.2) is 25.0 Å². The normalized spacial score (nSPS) is 16.5. The zero-order valence-corrected chi connectivity index (χ0v) is 13.2. The molecule has 24 heavy (non-hydrogen) atoms. The van der Waals surface area contributed by atoms with Gasteiger partial charge in [0.25, 0.3) is 0 Å². The van der Waals surface area contributed by atoms with Gasteiger partial charge in [0.15, 0.2) is 0 Å². The Bertz CT molecular complexity index is 806. The smallest absolute Gasteiger partial charge is 0.324 e. The molecule has 1 heterocycles. The van der Waals surface area contributed by atoms with Crippen LogP contribution in [0.25, 0.3) is 0 Å². The second-order valence-corrected chi connectivity index (χ2v) is 5.44. The van der Waals surface area contributed by atoms with Crippen LogP contribution < -0.4 is 25.8 Å². The van der Waals surface area contributed by atoms with Crippen LogP contribution in [0.5, 0.6) is 17.2 Å². The van der Waals surface area contributed by atoms with Crippen molar-refractivity contribution in [1.29, 1.82) is 5.41 Å². The molecule has 1 aliphatic rings. The lowest BCUT2D eigenvalue weighted by molar-refractivity contribution is 0.256. The first-order chi connectivity index (χ1) is 11.5. The lowest BCUT2D eigenvalue weighted by atomic mass is 9.97. The molecule has 1 unspecified atom stereocenters. The molecule has 0 saturated carbocycles. The van der Waals surface area contributed by atoms with Crippen molar-refractivity contribution in [3.05, 3.63) is 48.0 Å². The monoisotopic (exact) mass is 326 g/mol. The van der Waals surface area contributed by atoms with Gasteiger partial charge in [-0.05, 0) is 42.3 Å². The lowest BCUT2D eigenvalue weighted by Crippen LogP contribution is -2.52. The Labute approximate surface area is 139 Å². The highest BCUT2D eigenvalue weighted by atomic mass is 16.5. The van der Waals surface area contributed by atoms with Gasteiger partial charge in [-0.15, -0.1) is 0 Å². The predicted molar refractivity (Wildman–Crippen MR) is 91.0 cm³/mol. The minimum absolute atomic E-state index is 0.00327. The Hall–Kier alpha value is -3.06. The molecule has 2 aromatic carbocycles. The van der Waals surface area contributed by atoms with Gasteiger partial charge in [0.1, 0.15) is 23.1 Å². The molecule has 1 aliphatic heterocycles. The average Bonchev–Trinajstić information content (AvgIpc) is 2.56. The third-order valence-corrected chi connectivity index (χ3v) is 3.82. The summed E-state index contributed by atoms with van der Waals surface area (Å²) >= 11 is 0. The highest BCUT2D eigenvalue weighted by molar-refractivity contribution is 6.18. The Morgan fingerprint density at radius 1 is 1.21 bits per heavy atom. The summed E-state index contributed by atoms with van der Waals surface area (Å²) < 4.78 is 11.0. The van der Waals surface area contributed by atoms with Gasteiger partial charge < -0.3 is 20.9 Å². The topological polar surface area (TPSA) is 115 Å². The van der Waals surface area contributed by atoms with E-state index in [9.17, 15) is 4.79 Å². The number of nitrogens with zero attached hydrogens (tertiary/aromatic N) is 1. The number of methoxy groups -OCH3 is 1. The number of amidine groups is 1. The Morgan fingerprint density at radius 3 is 2.62 bits per heavy atom. The molecule has 7 heteroatoms. The number of nitrogens with one attached hydrogen (secondary N) is 1. The van der Waals surface area contributed by atoms with E-state index in [-0.39, 0.29) is 5.84 Å². The van der Waals surface area contributed by atoms with Crippen molar-refractivity contribution in [2.24, 2.45) is 11.5 Å². The van der Waals surface area contributed by atoms with Gasteiger partial charge in [0, 0.05) is 6.07 Å². The summed E-state index contributed by atoms with van der Waals surface area (Å²) in [5.74, 6) is 1.93. The van der Waals surface area contributed by atoms with Gasteiger partial charge in [0.05, 0.1) is 18.8 Å². The van der Waals surface area contributed by atoms with E-state index in [0.29, 0.717) is 29.4 Å². The molecular formula is C17H18N4O3. The van der Waals surface area contributed by atoms with E-state index in [0.717, 1.165) is 10.5 Å². The fraction of sp³-hybridized carbons (Fsp3) is 0.176. The molecule has 0 fully saturated rings. The Kier molecular flexibility index (Phi) is 4.09. The Balaban J connectivity index is 1.92. The number of carbonyl (C=O) groups is 1. The van der Waals surface area contributed by atoms with Crippen LogP contribution in [0.1, 0.15) is 5.56 Å². The van der Waals surface area contributed by atoms with Crippen molar-refractivity contribution < 1.29 is 14.3 Å². The van der Waals surface area contributed by atoms with Crippen LogP contribution in [0.4, 0.5) is 10.5 Å². The van der Waals surface area contributed by atoms with Crippen LogP contribution in [0.15, 0.2) is 42.5 Å².